The molecule has 0 saturated heterocycles. The lowest BCUT2D eigenvalue weighted by Crippen LogP contribution is -2.27. The lowest BCUT2D eigenvalue weighted by molar-refractivity contribution is -0.0862. The van der Waals surface area contributed by atoms with Crippen molar-refractivity contribution in [1.82, 2.24) is 0 Å². The Hall–Kier alpha value is -2.16. The van der Waals surface area contributed by atoms with Crippen molar-refractivity contribution in [3.63, 3.8) is 0 Å². The van der Waals surface area contributed by atoms with Crippen molar-refractivity contribution < 1.29 is 21.6 Å². The van der Waals surface area contributed by atoms with Gasteiger partial charge in [0.2, 0.25) is 0 Å². The molecule has 24 heavy (non-hydrogen) atoms. The van der Waals surface area contributed by atoms with Gasteiger partial charge in [0.25, 0.3) is 0 Å². The van der Waals surface area contributed by atoms with E-state index in [0.717, 1.165) is 7.05 Å². The molecule has 0 fully saturated rings. The molecule has 9 heteroatoms. The van der Waals surface area contributed by atoms with Gasteiger partial charge < -0.3 is 5.32 Å². The van der Waals surface area contributed by atoms with Gasteiger partial charge in [-0.3, -0.25) is 9.98 Å². The number of amidine groups is 1. The van der Waals surface area contributed by atoms with Gasteiger partial charge in [0.1, 0.15) is 11.4 Å². The standard InChI is InChI=1S/C15H18F3N3O2S/c1-10(2)24(22,23)13-8-6-5-7-12(13)21-14(20-4)11(9-19-3)15(16,17)18/h5-10H,3H2,1-2,4H3,(H,20,21)/b11-9+. The van der Waals surface area contributed by atoms with Crippen LogP contribution in [0.25, 0.3) is 0 Å². The largest absolute Gasteiger partial charge is 0.421 e. The van der Waals surface area contributed by atoms with Crippen LogP contribution in [0.1, 0.15) is 13.8 Å². The Morgan fingerprint density at radius 1 is 1.29 bits per heavy atom. The minimum atomic E-state index is -4.73. The summed E-state index contributed by atoms with van der Waals surface area (Å²) in [4.78, 5) is 6.61. The van der Waals surface area contributed by atoms with Crippen molar-refractivity contribution in [1.29, 1.82) is 0 Å². The Morgan fingerprint density at radius 2 is 1.88 bits per heavy atom. The summed E-state index contributed by atoms with van der Waals surface area (Å²) in [6, 6.07) is 5.70. The Balaban J connectivity index is 3.40. The second-order valence-electron chi connectivity index (χ2n) is 5.01. The number of rotatable bonds is 5. The fraction of sp³-hybridized carbons (Fsp3) is 0.333. The SMILES string of the molecule is C=N/C=C(\C(=NC)Nc1ccccc1S(=O)(=O)C(C)C)C(F)(F)F. The lowest BCUT2D eigenvalue weighted by atomic mass is 10.2. The summed E-state index contributed by atoms with van der Waals surface area (Å²) in [6.07, 6.45) is -4.20. The van der Waals surface area contributed by atoms with E-state index < -0.39 is 32.7 Å². The third-order valence-electron chi connectivity index (χ3n) is 3.07. The number of nitrogens with zero attached hydrogens (tertiary/aromatic N) is 2. The predicted octanol–water partition coefficient (Wildman–Crippen LogP) is 3.46. The van der Waals surface area contributed by atoms with Crippen LogP contribution in [0.2, 0.25) is 0 Å². The Morgan fingerprint density at radius 3 is 2.33 bits per heavy atom. The maximum Gasteiger partial charge on any atom is 0.421 e. The number of alkyl halides is 3. The third kappa shape index (κ3) is 4.44. The second kappa shape index (κ2) is 7.61. The quantitative estimate of drug-likeness (QED) is 0.645. The van der Waals surface area contributed by atoms with Gasteiger partial charge in [0, 0.05) is 13.2 Å². The lowest BCUT2D eigenvalue weighted by Gasteiger charge is -2.18. The summed E-state index contributed by atoms with van der Waals surface area (Å²) in [5.74, 6) is -0.554. The van der Waals surface area contributed by atoms with Crippen LogP contribution in [-0.2, 0) is 9.84 Å². The molecule has 0 aromatic heterocycles. The minimum Gasteiger partial charge on any atom is -0.339 e. The fourth-order valence-corrected chi connectivity index (χ4v) is 3.00. The Labute approximate surface area is 138 Å². The number of halogens is 3. The van der Waals surface area contributed by atoms with Crippen molar-refractivity contribution >= 4 is 28.1 Å². The topological polar surface area (TPSA) is 70.9 Å². The summed E-state index contributed by atoms with van der Waals surface area (Å²) in [5, 5.41) is 1.72. The van der Waals surface area contributed by atoms with Gasteiger partial charge in [-0.25, -0.2) is 8.42 Å². The molecule has 0 saturated carbocycles. The van der Waals surface area contributed by atoms with E-state index in [1.165, 1.54) is 38.1 Å². The van der Waals surface area contributed by atoms with Crippen LogP contribution in [0.15, 0.2) is 50.9 Å². The zero-order valence-corrected chi connectivity index (χ0v) is 14.2. The average molecular weight is 361 g/mol. The number of para-hydroxylation sites is 1. The Bertz CT molecular complexity index is 766. The Kier molecular flexibility index (Phi) is 6.30. The normalized spacial score (nSPS) is 14.0. The molecule has 0 atom stereocenters. The highest BCUT2D eigenvalue weighted by molar-refractivity contribution is 7.92. The van der Waals surface area contributed by atoms with Crippen molar-refractivity contribution in [2.75, 3.05) is 12.4 Å². The van der Waals surface area contributed by atoms with Crippen LogP contribution in [0.3, 0.4) is 0 Å². The van der Waals surface area contributed by atoms with Gasteiger partial charge in [0.15, 0.2) is 9.84 Å². The smallest absolute Gasteiger partial charge is 0.339 e. The highest BCUT2D eigenvalue weighted by atomic mass is 32.2. The molecule has 1 rings (SSSR count). The van der Waals surface area contributed by atoms with Crippen LogP contribution >= 0.6 is 0 Å². The van der Waals surface area contributed by atoms with Gasteiger partial charge >= 0.3 is 6.18 Å². The zero-order valence-electron chi connectivity index (χ0n) is 13.4. The van der Waals surface area contributed by atoms with Crippen LogP contribution in [-0.4, -0.2) is 39.4 Å². The van der Waals surface area contributed by atoms with E-state index in [4.69, 9.17) is 0 Å². The summed E-state index contributed by atoms with van der Waals surface area (Å²) in [5.41, 5.74) is -1.15. The molecule has 0 amide bonds. The number of aliphatic imine (C=N–C) groups is 2. The summed E-state index contributed by atoms with van der Waals surface area (Å²) in [7, 11) is -2.53. The second-order valence-corrected chi connectivity index (χ2v) is 7.48. The van der Waals surface area contributed by atoms with Crippen molar-refractivity contribution in [2.24, 2.45) is 9.98 Å². The third-order valence-corrected chi connectivity index (χ3v) is 5.28. The molecule has 0 aliphatic heterocycles. The van der Waals surface area contributed by atoms with Crippen LogP contribution in [0.4, 0.5) is 18.9 Å². The monoisotopic (exact) mass is 361 g/mol. The molecule has 132 valence electrons. The number of anilines is 1. The van der Waals surface area contributed by atoms with Crippen LogP contribution in [0, 0.1) is 0 Å². The number of hydrogen-bond acceptors (Lipinski definition) is 4. The maximum atomic E-state index is 13.1. The molecule has 0 radical (unpaired) electrons. The molecule has 1 N–H and O–H groups in total. The molecule has 1 aromatic carbocycles. The highest BCUT2D eigenvalue weighted by Crippen LogP contribution is 2.30. The molecular formula is C15H18F3N3O2S. The first-order valence-corrected chi connectivity index (χ1v) is 8.40. The van der Waals surface area contributed by atoms with Gasteiger partial charge in [-0.15, -0.1) is 0 Å². The molecular weight excluding hydrogens is 343 g/mol. The van der Waals surface area contributed by atoms with Gasteiger partial charge in [-0.05, 0) is 32.7 Å². The van der Waals surface area contributed by atoms with E-state index in [0.29, 0.717) is 6.20 Å². The number of sulfone groups is 1. The summed E-state index contributed by atoms with van der Waals surface area (Å²) >= 11 is 0. The van der Waals surface area contributed by atoms with Gasteiger partial charge in [-0.1, -0.05) is 12.1 Å². The van der Waals surface area contributed by atoms with E-state index in [2.05, 4.69) is 22.0 Å². The number of nitrogens with one attached hydrogen (secondary N) is 1. The molecule has 0 aliphatic carbocycles. The zero-order chi connectivity index (χ0) is 18.5. The maximum absolute atomic E-state index is 13.1. The average Bonchev–Trinajstić information content (AvgIpc) is 2.49. The van der Waals surface area contributed by atoms with Crippen molar-refractivity contribution in [3.05, 3.63) is 36.0 Å². The predicted molar refractivity (Wildman–Crippen MR) is 89.4 cm³/mol. The van der Waals surface area contributed by atoms with E-state index in [1.54, 1.807) is 0 Å². The first kappa shape index (κ1) is 19.9. The van der Waals surface area contributed by atoms with E-state index in [-0.39, 0.29) is 10.6 Å². The molecule has 0 aliphatic rings. The summed E-state index contributed by atoms with van der Waals surface area (Å²) < 4.78 is 64.1. The van der Waals surface area contributed by atoms with E-state index >= 15 is 0 Å². The van der Waals surface area contributed by atoms with Crippen molar-refractivity contribution in [3.8, 4) is 0 Å². The van der Waals surface area contributed by atoms with Crippen LogP contribution < -0.4 is 5.32 Å². The molecule has 5 nitrogen and oxygen atoms in total. The molecule has 0 unspecified atom stereocenters. The highest BCUT2D eigenvalue weighted by Gasteiger charge is 2.37. The van der Waals surface area contributed by atoms with Crippen LogP contribution in [0.5, 0.6) is 0 Å². The first-order chi connectivity index (χ1) is 11.1. The molecule has 1 aromatic rings. The number of benzene rings is 1. The van der Waals surface area contributed by atoms with Gasteiger partial charge in [-0.2, -0.15) is 13.2 Å². The molecule has 0 spiro atoms. The molecule has 0 bridgehead atoms. The van der Waals surface area contributed by atoms with Gasteiger partial charge in [0.05, 0.1) is 15.8 Å². The fourth-order valence-electron chi connectivity index (χ4n) is 1.80. The number of hydrogen-bond donors (Lipinski definition) is 1. The van der Waals surface area contributed by atoms with E-state index in [1.807, 2.05) is 0 Å². The first-order valence-electron chi connectivity index (χ1n) is 6.86. The van der Waals surface area contributed by atoms with E-state index in [9.17, 15) is 21.6 Å². The summed E-state index contributed by atoms with van der Waals surface area (Å²) in [6.45, 7) is 5.99. The minimum absolute atomic E-state index is 0.00557. The van der Waals surface area contributed by atoms with Crippen molar-refractivity contribution in [2.45, 2.75) is 30.2 Å². The molecule has 0 heterocycles.